The van der Waals surface area contributed by atoms with Crippen LogP contribution < -0.4 is 14.8 Å². The highest BCUT2D eigenvalue weighted by Gasteiger charge is 2.17. The molecule has 0 fully saturated rings. The van der Waals surface area contributed by atoms with Gasteiger partial charge in [-0.15, -0.1) is 0 Å². The van der Waals surface area contributed by atoms with E-state index in [1.807, 2.05) is 0 Å². The number of carbonyl (C=O) groups excluding carboxylic acids is 2. The van der Waals surface area contributed by atoms with E-state index in [-0.39, 0.29) is 5.91 Å². The number of fused-ring (bicyclic) bond motifs is 1. The van der Waals surface area contributed by atoms with E-state index in [1.54, 1.807) is 12.1 Å². The minimum Gasteiger partial charge on any atom is -0.486 e. The van der Waals surface area contributed by atoms with Crippen LogP contribution in [0.25, 0.3) is 0 Å². The van der Waals surface area contributed by atoms with E-state index in [9.17, 15) is 9.59 Å². The average Bonchev–Trinajstić information content (AvgIpc) is 2.61. The maximum atomic E-state index is 12.3. The molecule has 3 rings (SSSR count). The first-order valence-corrected chi connectivity index (χ1v) is 7.55. The second kappa shape index (κ2) is 6.80. The highest BCUT2D eigenvalue weighted by molar-refractivity contribution is 6.34. The van der Waals surface area contributed by atoms with Crippen molar-refractivity contribution in [3.8, 4) is 11.5 Å². The monoisotopic (exact) mass is 347 g/mol. The number of hydrogen-bond acceptors (Lipinski definition) is 5. The first kappa shape index (κ1) is 16.1. The summed E-state index contributed by atoms with van der Waals surface area (Å²) in [4.78, 5) is 23.7. The van der Waals surface area contributed by atoms with Crippen molar-refractivity contribution in [3.63, 3.8) is 0 Å². The van der Waals surface area contributed by atoms with Crippen LogP contribution in [0.15, 0.2) is 36.4 Å². The van der Waals surface area contributed by atoms with Gasteiger partial charge in [-0.3, -0.25) is 4.79 Å². The molecule has 0 spiro atoms. The second-order valence-corrected chi connectivity index (χ2v) is 5.41. The molecule has 0 aliphatic carbocycles. The highest BCUT2D eigenvalue weighted by Crippen LogP contribution is 2.38. The van der Waals surface area contributed by atoms with Gasteiger partial charge in [0.25, 0.3) is 5.91 Å². The summed E-state index contributed by atoms with van der Waals surface area (Å²) in [7, 11) is 1.30. The molecule has 0 atom stereocenters. The van der Waals surface area contributed by atoms with E-state index < -0.39 is 5.97 Å². The molecule has 0 bridgehead atoms. The number of ether oxygens (including phenoxy) is 3. The molecule has 0 saturated carbocycles. The maximum absolute atomic E-state index is 12.3. The molecule has 1 amide bonds. The number of hydrogen-bond donors (Lipinski definition) is 1. The van der Waals surface area contributed by atoms with E-state index in [4.69, 9.17) is 21.1 Å². The first-order chi connectivity index (χ1) is 11.6. The summed E-state index contributed by atoms with van der Waals surface area (Å²) in [5, 5.41) is 3.06. The Hall–Kier alpha value is -2.73. The van der Waals surface area contributed by atoms with Gasteiger partial charge in [0.15, 0.2) is 11.5 Å². The van der Waals surface area contributed by atoms with Gasteiger partial charge in [-0.1, -0.05) is 11.6 Å². The van der Waals surface area contributed by atoms with Crippen molar-refractivity contribution in [3.05, 3.63) is 52.5 Å². The quantitative estimate of drug-likeness (QED) is 0.863. The summed E-state index contributed by atoms with van der Waals surface area (Å²) in [5.41, 5.74) is 1.17. The van der Waals surface area contributed by atoms with Crippen LogP contribution in [-0.4, -0.2) is 32.2 Å². The Morgan fingerprint density at radius 1 is 1.04 bits per heavy atom. The SMILES string of the molecule is COC(=O)c1ccc(C(=O)Nc2cc3c(cc2Cl)OCCO3)cc1. The molecule has 1 aliphatic rings. The Kier molecular flexibility index (Phi) is 4.57. The molecule has 1 N–H and O–H groups in total. The number of halogens is 1. The predicted octanol–water partition coefficient (Wildman–Crippen LogP) is 3.15. The van der Waals surface area contributed by atoms with E-state index in [2.05, 4.69) is 10.1 Å². The third-order valence-corrected chi connectivity index (χ3v) is 3.76. The zero-order valence-electron chi connectivity index (χ0n) is 12.8. The van der Waals surface area contributed by atoms with Crippen molar-refractivity contribution in [1.29, 1.82) is 0 Å². The van der Waals surface area contributed by atoms with Crippen LogP contribution in [0.3, 0.4) is 0 Å². The molecule has 2 aromatic rings. The van der Waals surface area contributed by atoms with Gasteiger partial charge in [0.1, 0.15) is 13.2 Å². The standard InChI is InChI=1S/C17H14ClNO5/c1-22-17(21)11-4-2-10(3-5-11)16(20)19-13-9-15-14(8-12(13)18)23-6-7-24-15/h2-5,8-9H,6-7H2,1H3,(H,19,20). The van der Waals surface area contributed by atoms with Gasteiger partial charge in [-0.05, 0) is 24.3 Å². The Morgan fingerprint density at radius 2 is 1.62 bits per heavy atom. The topological polar surface area (TPSA) is 73.9 Å². The molecule has 0 saturated heterocycles. The van der Waals surface area contributed by atoms with Crippen LogP contribution >= 0.6 is 11.6 Å². The van der Waals surface area contributed by atoms with Gasteiger partial charge in [0.2, 0.25) is 0 Å². The lowest BCUT2D eigenvalue weighted by Crippen LogP contribution is -2.17. The summed E-state index contributed by atoms with van der Waals surface area (Å²) in [6.45, 7) is 0.901. The average molecular weight is 348 g/mol. The number of amides is 1. The molecule has 2 aromatic carbocycles. The van der Waals surface area contributed by atoms with E-state index in [1.165, 1.54) is 31.4 Å². The third-order valence-electron chi connectivity index (χ3n) is 3.45. The van der Waals surface area contributed by atoms with Crippen LogP contribution in [0, 0.1) is 0 Å². The molecule has 1 heterocycles. The van der Waals surface area contributed by atoms with Crippen molar-refractivity contribution in [2.24, 2.45) is 0 Å². The summed E-state index contributed by atoms with van der Waals surface area (Å²) >= 11 is 6.17. The molecule has 0 aromatic heterocycles. The number of benzene rings is 2. The van der Waals surface area contributed by atoms with Crippen molar-refractivity contribution >= 4 is 29.2 Å². The Morgan fingerprint density at radius 3 is 2.25 bits per heavy atom. The van der Waals surface area contributed by atoms with Gasteiger partial charge in [-0.25, -0.2) is 4.79 Å². The van der Waals surface area contributed by atoms with Crippen LogP contribution in [0.1, 0.15) is 20.7 Å². The zero-order chi connectivity index (χ0) is 17.1. The van der Waals surface area contributed by atoms with Crippen molar-refractivity contribution in [1.82, 2.24) is 0 Å². The lowest BCUT2D eigenvalue weighted by Gasteiger charge is -2.20. The van der Waals surface area contributed by atoms with E-state index in [0.717, 1.165) is 0 Å². The van der Waals surface area contributed by atoms with Crippen molar-refractivity contribution < 1.29 is 23.8 Å². The van der Waals surface area contributed by atoms with Gasteiger partial charge in [0.05, 0.1) is 23.4 Å². The zero-order valence-corrected chi connectivity index (χ0v) is 13.6. The third kappa shape index (κ3) is 3.28. The Balaban J connectivity index is 1.78. The van der Waals surface area contributed by atoms with Gasteiger partial charge in [-0.2, -0.15) is 0 Å². The molecular weight excluding hydrogens is 334 g/mol. The normalized spacial score (nSPS) is 12.4. The summed E-state index contributed by atoms with van der Waals surface area (Å²) in [6.07, 6.45) is 0. The highest BCUT2D eigenvalue weighted by atomic mass is 35.5. The number of carbonyl (C=O) groups is 2. The number of rotatable bonds is 3. The Bertz CT molecular complexity index is 788. The first-order valence-electron chi connectivity index (χ1n) is 7.17. The lowest BCUT2D eigenvalue weighted by molar-refractivity contribution is 0.0600. The minimum absolute atomic E-state index is 0.346. The predicted molar refractivity (Wildman–Crippen MR) is 88.2 cm³/mol. The largest absolute Gasteiger partial charge is 0.486 e. The number of nitrogens with one attached hydrogen (secondary N) is 1. The van der Waals surface area contributed by atoms with Crippen LogP contribution in [0.2, 0.25) is 5.02 Å². The number of esters is 1. The smallest absolute Gasteiger partial charge is 0.337 e. The summed E-state index contributed by atoms with van der Waals surface area (Å²) in [6, 6.07) is 9.34. The lowest BCUT2D eigenvalue weighted by atomic mass is 10.1. The Labute approximate surface area is 143 Å². The van der Waals surface area contributed by atoms with Crippen molar-refractivity contribution in [2.75, 3.05) is 25.6 Å². The van der Waals surface area contributed by atoms with Crippen molar-refractivity contribution in [2.45, 2.75) is 0 Å². The van der Waals surface area contributed by atoms with E-state index >= 15 is 0 Å². The van der Waals surface area contributed by atoms with Crippen LogP contribution in [0.5, 0.6) is 11.5 Å². The fourth-order valence-electron chi connectivity index (χ4n) is 2.23. The van der Waals surface area contributed by atoms with Crippen LogP contribution in [0.4, 0.5) is 5.69 Å². The fraction of sp³-hybridized carbons (Fsp3) is 0.176. The fourth-order valence-corrected chi connectivity index (χ4v) is 2.43. The molecule has 124 valence electrons. The molecule has 1 aliphatic heterocycles. The molecule has 7 heteroatoms. The summed E-state index contributed by atoms with van der Waals surface area (Å²) < 4.78 is 15.5. The number of anilines is 1. The molecular formula is C17H14ClNO5. The van der Waals surface area contributed by atoms with E-state index in [0.29, 0.717) is 46.5 Å². The number of methoxy groups -OCH3 is 1. The summed E-state index contributed by atoms with van der Waals surface area (Å²) in [5.74, 6) is 0.260. The second-order valence-electron chi connectivity index (χ2n) is 5.00. The molecule has 0 radical (unpaired) electrons. The minimum atomic E-state index is -0.461. The van der Waals surface area contributed by atoms with Gasteiger partial charge in [0, 0.05) is 17.7 Å². The van der Waals surface area contributed by atoms with Crippen LogP contribution in [-0.2, 0) is 4.74 Å². The van der Waals surface area contributed by atoms with Gasteiger partial charge >= 0.3 is 5.97 Å². The molecule has 6 nitrogen and oxygen atoms in total. The molecule has 0 unspecified atom stereocenters. The van der Waals surface area contributed by atoms with Gasteiger partial charge < -0.3 is 19.5 Å². The maximum Gasteiger partial charge on any atom is 0.337 e. The molecule has 24 heavy (non-hydrogen) atoms.